The number of carbonyl (C=O) groups is 2. The van der Waals surface area contributed by atoms with Crippen molar-refractivity contribution >= 4 is 40.9 Å². The molecule has 1 fully saturated rings. The van der Waals surface area contributed by atoms with Crippen LogP contribution in [0.2, 0.25) is 0 Å². The fraction of sp³-hybridized carbons (Fsp3) is 0.0870. The molecule has 1 N–H and O–H groups in total. The van der Waals surface area contributed by atoms with Crippen LogP contribution in [0.15, 0.2) is 66.4 Å². The van der Waals surface area contributed by atoms with Crippen LogP contribution in [-0.4, -0.2) is 35.7 Å². The van der Waals surface area contributed by atoms with Crippen LogP contribution in [0, 0.1) is 5.82 Å². The van der Waals surface area contributed by atoms with Gasteiger partial charge < -0.3 is 14.0 Å². The first-order valence-corrected chi connectivity index (χ1v) is 9.90. The third kappa shape index (κ3) is 3.85. The Kier molecular flexibility index (Phi) is 5.74. The van der Waals surface area contributed by atoms with Gasteiger partial charge in [0.2, 0.25) is 0 Å². The van der Waals surface area contributed by atoms with Gasteiger partial charge in [-0.15, -0.1) is 0 Å². The average molecular weight is 451 g/mol. The van der Waals surface area contributed by atoms with Crippen LogP contribution in [0.5, 0.6) is 11.5 Å². The zero-order valence-corrected chi connectivity index (χ0v) is 18.0. The van der Waals surface area contributed by atoms with E-state index in [4.69, 9.17) is 21.7 Å². The van der Waals surface area contributed by atoms with Crippen molar-refractivity contribution < 1.29 is 23.5 Å². The Balaban J connectivity index is 1.75. The van der Waals surface area contributed by atoms with Crippen LogP contribution in [-0.2, 0) is 9.59 Å². The van der Waals surface area contributed by atoms with Gasteiger partial charge in [0, 0.05) is 23.6 Å². The lowest BCUT2D eigenvalue weighted by molar-refractivity contribution is -0.122. The summed E-state index contributed by atoms with van der Waals surface area (Å²) in [5.41, 5.74) is 1.49. The molecule has 1 aromatic heterocycles. The minimum absolute atomic E-state index is 0.0606. The lowest BCUT2D eigenvalue weighted by Gasteiger charge is -2.30. The van der Waals surface area contributed by atoms with Gasteiger partial charge >= 0.3 is 0 Å². The molecule has 1 aliphatic rings. The highest BCUT2D eigenvalue weighted by molar-refractivity contribution is 7.80. The van der Waals surface area contributed by atoms with Gasteiger partial charge in [0.25, 0.3) is 11.8 Å². The summed E-state index contributed by atoms with van der Waals surface area (Å²) in [5.74, 6) is -0.687. The van der Waals surface area contributed by atoms with E-state index in [1.54, 1.807) is 53.2 Å². The molecule has 9 heteroatoms. The zero-order chi connectivity index (χ0) is 22.8. The second-order valence-electron chi connectivity index (χ2n) is 6.78. The van der Waals surface area contributed by atoms with Crippen molar-refractivity contribution in [1.29, 1.82) is 0 Å². The van der Waals surface area contributed by atoms with Crippen molar-refractivity contribution in [2.75, 3.05) is 19.1 Å². The van der Waals surface area contributed by atoms with E-state index in [2.05, 4.69) is 5.32 Å². The molecule has 2 amide bonds. The third-order valence-corrected chi connectivity index (χ3v) is 5.19. The molecule has 1 aliphatic heterocycles. The van der Waals surface area contributed by atoms with Gasteiger partial charge in [-0.25, -0.2) is 9.29 Å². The number of hydrogen-bond acceptors (Lipinski definition) is 5. The van der Waals surface area contributed by atoms with Crippen LogP contribution in [0.1, 0.15) is 5.69 Å². The molecule has 0 saturated carbocycles. The molecule has 0 radical (unpaired) electrons. The van der Waals surface area contributed by atoms with Crippen molar-refractivity contribution in [2.45, 2.75) is 0 Å². The Morgan fingerprint density at radius 3 is 2.47 bits per heavy atom. The van der Waals surface area contributed by atoms with Crippen molar-refractivity contribution in [3.8, 4) is 17.2 Å². The number of aromatic nitrogens is 1. The Hall–Kier alpha value is -3.98. The fourth-order valence-corrected chi connectivity index (χ4v) is 3.62. The number of nitrogens with one attached hydrogen (secondary N) is 1. The number of anilines is 1. The summed E-state index contributed by atoms with van der Waals surface area (Å²) in [4.78, 5) is 27.2. The Morgan fingerprint density at radius 2 is 1.78 bits per heavy atom. The van der Waals surface area contributed by atoms with Crippen LogP contribution < -0.4 is 19.7 Å². The number of halogens is 1. The van der Waals surface area contributed by atoms with Gasteiger partial charge in [-0.3, -0.25) is 14.9 Å². The van der Waals surface area contributed by atoms with E-state index in [9.17, 15) is 14.0 Å². The molecule has 0 spiro atoms. The smallest absolute Gasteiger partial charge is 0.270 e. The fourth-order valence-electron chi connectivity index (χ4n) is 3.34. The summed E-state index contributed by atoms with van der Waals surface area (Å²) >= 11 is 5.27. The number of amides is 2. The molecule has 7 nitrogen and oxygen atoms in total. The van der Waals surface area contributed by atoms with E-state index in [1.807, 2.05) is 0 Å². The van der Waals surface area contributed by atoms with Gasteiger partial charge in [0.1, 0.15) is 22.9 Å². The molecule has 0 bridgehead atoms. The lowest BCUT2D eigenvalue weighted by atomic mass is 10.1. The van der Waals surface area contributed by atoms with E-state index >= 15 is 0 Å². The summed E-state index contributed by atoms with van der Waals surface area (Å²) in [6.07, 6.45) is 3.21. The highest BCUT2D eigenvalue weighted by Crippen LogP contribution is 2.34. The predicted molar refractivity (Wildman–Crippen MR) is 121 cm³/mol. The molecule has 4 rings (SSSR count). The first-order valence-electron chi connectivity index (χ1n) is 9.49. The average Bonchev–Trinajstić information content (AvgIpc) is 3.25. The molecule has 0 unspecified atom stereocenters. The van der Waals surface area contributed by atoms with Crippen molar-refractivity contribution in [1.82, 2.24) is 9.88 Å². The van der Waals surface area contributed by atoms with Crippen LogP contribution in [0.3, 0.4) is 0 Å². The van der Waals surface area contributed by atoms with Gasteiger partial charge in [-0.1, -0.05) is 0 Å². The van der Waals surface area contributed by atoms with E-state index in [0.29, 0.717) is 28.6 Å². The molecule has 0 aliphatic carbocycles. The topological polar surface area (TPSA) is 72.8 Å². The summed E-state index contributed by atoms with van der Waals surface area (Å²) in [6, 6.07) is 14.3. The first-order chi connectivity index (χ1) is 15.4. The van der Waals surface area contributed by atoms with Crippen LogP contribution >= 0.6 is 12.2 Å². The molecule has 3 aromatic rings. The van der Waals surface area contributed by atoms with Gasteiger partial charge in [0.05, 0.1) is 19.9 Å². The highest BCUT2D eigenvalue weighted by atomic mass is 32.1. The number of benzene rings is 2. The van der Waals surface area contributed by atoms with Crippen molar-refractivity contribution in [3.63, 3.8) is 0 Å². The molecule has 2 aromatic carbocycles. The maximum absolute atomic E-state index is 13.4. The SMILES string of the molecule is COc1ccc(N2C(=O)/C(=C/c3cccn3-c3ccc(F)cc3)C(=O)NC2=S)c(OC)c1. The molecule has 1 saturated heterocycles. The zero-order valence-electron chi connectivity index (χ0n) is 17.2. The second kappa shape index (κ2) is 8.64. The minimum Gasteiger partial charge on any atom is -0.497 e. The molecule has 32 heavy (non-hydrogen) atoms. The normalized spacial score (nSPS) is 15.2. The second-order valence-corrected chi connectivity index (χ2v) is 7.16. The third-order valence-electron chi connectivity index (χ3n) is 4.91. The number of rotatable bonds is 5. The summed E-state index contributed by atoms with van der Waals surface area (Å²) in [7, 11) is 2.98. The standard InChI is InChI=1S/C23H18FN3O4S/c1-30-17-9-10-19(20(13-17)31-2)27-22(29)18(21(28)25-23(27)32)12-16-4-3-11-26(16)15-7-5-14(24)6-8-15/h3-13H,1-2H3,(H,25,28,32)/b18-12+. The maximum Gasteiger partial charge on any atom is 0.270 e. The number of nitrogens with zero attached hydrogens (tertiary/aromatic N) is 2. The Labute approximate surface area is 188 Å². The summed E-state index contributed by atoms with van der Waals surface area (Å²) in [6.45, 7) is 0. The highest BCUT2D eigenvalue weighted by Gasteiger charge is 2.36. The van der Waals surface area contributed by atoms with E-state index in [1.165, 1.54) is 37.3 Å². The number of carbonyl (C=O) groups excluding carboxylic acids is 2. The summed E-state index contributed by atoms with van der Waals surface area (Å²) in [5, 5.41) is 2.49. The quantitative estimate of drug-likeness (QED) is 0.365. The van der Waals surface area contributed by atoms with E-state index in [0.717, 1.165) is 0 Å². The largest absolute Gasteiger partial charge is 0.497 e. The molecular formula is C23H18FN3O4S. The Bertz CT molecular complexity index is 1250. The maximum atomic E-state index is 13.4. The Morgan fingerprint density at radius 1 is 1.03 bits per heavy atom. The van der Waals surface area contributed by atoms with Crippen LogP contribution in [0.4, 0.5) is 10.1 Å². The lowest BCUT2D eigenvalue weighted by Crippen LogP contribution is -2.54. The van der Waals surface area contributed by atoms with Gasteiger partial charge in [-0.2, -0.15) is 0 Å². The van der Waals surface area contributed by atoms with Gasteiger partial charge in [-0.05, 0) is 66.8 Å². The predicted octanol–water partition coefficient (Wildman–Crippen LogP) is 3.46. The number of ether oxygens (including phenoxy) is 2. The minimum atomic E-state index is -0.615. The number of hydrogen-bond donors (Lipinski definition) is 1. The van der Waals surface area contributed by atoms with E-state index < -0.39 is 11.8 Å². The number of thiocarbonyl (C=S) groups is 1. The first kappa shape index (κ1) is 21.3. The molecule has 0 atom stereocenters. The number of methoxy groups -OCH3 is 2. The van der Waals surface area contributed by atoms with Crippen molar-refractivity contribution in [3.05, 3.63) is 77.9 Å². The monoisotopic (exact) mass is 451 g/mol. The van der Waals surface area contributed by atoms with E-state index in [-0.39, 0.29) is 16.5 Å². The molecule has 2 heterocycles. The summed E-state index contributed by atoms with van der Waals surface area (Å²) < 4.78 is 25.6. The van der Waals surface area contributed by atoms with Gasteiger partial charge in [0.15, 0.2) is 5.11 Å². The molecular weight excluding hydrogens is 433 g/mol. The van der Waals surface area contributed by atoms with Crippen molar-refractivity contribution in [2.24, 2.45) is 0 Å². The molecule has 162 valence electrons. The van der Waals surface area contributed by atoms with Crippen LogP contribution in [0.25, 0.3) is 11.8 Å².